The lowest BCUT2D eigenvalue weighted by molar-refractivity contribution is 0.0818. The number of nitrogens with one attached hydrogen (secondary N) is 2. The fraction of sp³-hybridized carbons (Fsp3) is 0.350. The Morgan fingerprint density at radius 3 is 2.43 bits per heavy atom. The van der Waals surface area contributed by atoms with Crippen LogP contribution >= 0.6 is 24.0 Å². The van der Waals surface area contributed by atoms with E-state index in [2.05, 4.69) is 15.6 Å². The van der Waals surface area contributed by atoms with Crippen molar-refractivity contribution in [1.82, 2.24) is 10.6 Å². The van der Waals surface area contributed by atoms with E-state index >= 15 is 0 Å². The second-order valence-corrected chi connectivity index (χ2v) is 5.80. The lowest BCUT2D eigenvalue weighted by Gasteiger charge is -2.13. The van der Waals surface area contributed by atoms with E-state index in [9.17, 15) is 8.78 Å². The normalized spacial score (nSPS) is 11.0. The Kier molecular flexibility index (Phi) is 11.2. The summed E-state index contributed by atoms with van der Waals surface area (Å²) in [6.07, 6.45) is -1.64. The minimum atomic E-state index is -2.49. The zero-order valence-corrected chi connectivity index (χ0v) is 18.3. The maximum Gasteiger partial charge on any atom is 0.272 e. The predicted octanol–water partition coefficient (Wildman–Crippen LogP) is 3.86. The van der Waals surface area contributed by atoms with E-state index in [0.717, 1.165) is 24.3 Å². The number of hydrogen-bond donors (Lipinski definition) is 2. The van der Waals surface area contributed by atoms with Crippen LogP contribution in [0.25, 0.3) is 0 Å². The third kappa shape index (κ3) is 8.73. The quantitative estimate of drug-likeness (QED) is 0.309. The van der Waals surface area contributed by atoms with Gasteiger partial charge in [-0.3, -0.25) is 4.99 Å². The van der Waals surface area contributed by atoms with Crippen molar-refractivity contribution < 1.29 is 18.3 Å². The summed E-state index contributed by atoms with van der Waals surface area (Å²) in [6.45, 7) is 0.628. The third-order valence-electron chi connectivity index (χ3n) is 3.82. The maximum atomic E-state index is 12.2. The van der Waals surface area contributed by atoms with Crippen molar-refractivity contribution in [3.8, 4) is 11.5 Å². The molecule has 2 aromatic rings. The van der Waals surface area contributed by atoms with Crippen LogP contribution in [0.4, 0.5) is 8.78 Å². The molecule has 0 aromatic heterocycles. The lowest BCUT2D eigenvalue weighted by atomic mass is 10.1. The Hall–Kier alpha value is -2.10. The Morgan fingerprint density at radius 2 is 1.79 bits per heavy atom. The fourth-order valence-corrected chi connectivity index (χ4v) is 2.43. The number of hydrogen-bond acceptors (Lipinski definition) is 3. The van der Waals surface area contributed by atoms with Gasteiger partial charge in [-0.25, -0.2) is 8.78 Å². The average Bonchev–Trinajstić information content (AvgIpc) is 2.69. The van der Waals surface area contributed by atoms with Gasteiger partial charge in [0, 0.05) is 20.1 Å². The number of benzene rings is 2. The van der Waals surface area contributed by atoms with Gasteiger partial charge in [-0.1, -0.05) is 24.3 Å². The van der Waals surface area contributed by atoms with Crippen LogP contribution in [-0.2, 0) is 13.0 Å². The molecule has 0 amide bonds. The fourth-order valence-electron chi connectivity index (χ4n) is 2.43. The van der Waals surface area contributed by atoms with Crippen molar-refractivity contribution in [3.05, 3.63) is 59.7 Å². The Labute approximate surface area is 181 Å². The van der Waals surface area contributed by atoms with Crippen LogP contribution in [0.1, 0.15) is 11.1 Å². The molecule has 0 saturated heterocycles. The second kappa shape index (κ2) is 13.1. The molecule has 0 atom stereocenters. The summed E-state index contributed by atoms with van der Waals surface area (Å²) in [4.78, 5) is 4.19. The molecule has 0 heterocycles. The molecule has 2 N–H and O–H groups in total. The number of ether oxygens (including phenoxy) is 2. The molecule has 8 heteroatoms. The standard InChI is InChI=1S/C20H25F2N3O2.HI/c1-23-20(24-11-10-15-6-8-17(26-2)9-7-15)25-13-16-4-3-5-18(12-16)27-14-19(21)22;/h3-9,12,19H,10-11,13-14H2,1-2H3,(H2,23,24,25);1H. The van der Waals surface area contributed by atoms with Gasteiger partial charge in [-0.05, 0) is 41.8 Å². The molecule has 0 saturated carbocycles. The summed E-state index contributed by atoms with van der Waals surface area (Å²) in [5.74, 6) is 1.93. The summed E-state index contributed by atoms with van der Waals surface area (Å²) in [5, 5.41) is 6.45. The van der Waals surface area contributed by atoms with E-state index in [1.807, 2.05) is 30.3 Å². The maximum absolute atomic E-state index is 12.2. The number of alkyl halides is 2. The molecule has 2 aromatic carbocycles. The molecule has 154 valence electrons. The highest BCUT2D eigenvalue weighted by Crippen LogP contribution is 2.14. The SMILES string of the molecule is CN=C(NCCc1ccc(OC)cc1)NCc1cccc(OCC(F)F)c1.I. The molecule has 0 radical (unpaired) electrons. The zero-order chi connectivity index (χ0) is 19.5. The van der Waals surface area contributed by atoms with Crippen LogP contribution in [0.3, 0.4) is 0 Å². The second-order valence-electron chi connectivity index (χ2n) is 5.80. The van der Waals surface area contributed by atoms with Crippen LogP contribution in [-0.4, -0.2) is 39.7 Å². The molecule has 0 bridgehead atoms. The van der Waals surface area contributed by atoms with Gasteiger partial charge < -0.3 is 20.1 Å². The number of aliphatic imine (C=N–C) groups is 1. The van der Waals surface area contributed by atoms with Gasteiger partial charge in [0.15, 0.2) is 5.96 Å². The Morgan fingerprint density at radius 1 is 1.04 bits per heavy atom. The van der Waals surface area contributed by atoms with Gasteiger partial charge in [-0.15, -0.1) is 24.0 Å². The van der Waals surface area contributed by atoms with Crippen molar-refractivity contribution in [1.29, 1.82) is 0 Å². The average molecular weight is 505 g/mol. The molecule has 2 rings (SSSR count). The third-order valence-corrected chi connectivity index (χ3v) is 3.82. The molecular formula is C20H26F2IN3O2. The van der Waals surface area contributed by atoms with Crippen molar-refractivity contribution >= 4 is 29.9 Å². The van der Waals surface area contributed by atoms with Crippen molar-refractivity contribution in [3.63, 3.8) is 0 Å². The highest BCUT2D eigenvalue weighted by molar-refractivity contribution is 14.0. The first-order valence-corrected chi connectivity index (χ1v) is 8.68. The van der Waals surface area contributed by atoms with E-state index in [-0.39, 0.29) is 24.0 Å². The minimum Gasteiger partial charge on any atom is -0.497 e. The van der Waals surface area contributed by atoms with Gasteiger partial charge >= 0.3 is 0 Å². The molecule has 0 aliphatic heterocycles. The van der Waals surface area contributed by atoms with Crippen molar-refractivity contribution in [2.24, 2.45) is 4.99 Å². The largest absolute Gasteiger partial charge is 0.497 e. The van der Waals surface area contributed by atoms with E-state index < -0.39 is 13.0 Å². The van der Waals surface area contributed by atoms with E-state index in [4.69, 9.17) is 9.47 Å². The number of guanidine groups is 1. The summed E-state index contributed by atoms with van der Waals surface area (Å²) >= 11 is 0. The van der Waals surface area contributed by atoms with E-state index in [0.29, 0.717) is 18.3 Å². The minimum absolute atomic E-state index is 0. The molecule has 5 nitrogen and oxygen atoms in total. The van der Waals surface area contributed by atoms with Crippen LogP contribution in [0.2, 0.25) is 0 Å². The topological polar surface area (TPSA) is 54.9 Å². The van der Waals surface area contributed by atoms with Gasteiger partial charge in [0.25, 0.3) is 6.43 Å². The molecule has 28 heavy (non-hydrogen) atoms. The first-order valence-electron chi connectivity index (χ1n) is 8.68. The summed E-state index contributed by atoms with van der Waals surface area (Å²) < 4.78 is 34.7. The predicted molar refractivity (Wildman–Crippen MR) is 118 cm³/mol. The molecule has 0 unspecified atom stereocenters. The lowest BCUT2D eigenvalue weighted by Crippen LogP contribution is -2.37. The zero-order valence-electron chi connectivity index (χ0n) is 16.0. The summed E-state index contributed by atoms with van der Waals surface area (Å²) in [6, 6.07) is 15.0. The van der Waals surface area contributed by atoms with E-state index in [1.54, 1.807) is 32.4 Å². The monoisotopic (exact) mass is 505 g/mol. The molecular weight excluding hydrogens is 479 g/mol. The number of halogens is 3. The van der Waals surface area contributed by atoms with Crippen LogP contribution < -0.4 is 20.1 Å². The first-order chi connectivity index (χ1) is 13.1. The number of methoxy groups -OCH3 is 1. The summed E-state index contributed by atoms with van der Waals surface area (Å²) in [5.41, 5.74) is 2.11. The van der Waals surface area contributed by atoms with Crippen LogP contribution in [0, 0.1) is 0 Å². The molecule has 0 aliphatic carbocycles. The van der Waals surface area contributed by atoms with Crippen molar-refractivity contribution in [2.45, 2.75) is 19.4 Å². The molecule has 0 aliphatic rings. The Bertz CT molecular complexity index is 728. The van der Waals surface area contributed by atoms with Crippen LogP contribution in [0.15, 0.2) is 53.5 Å². The number of rotatable bonds is 9. The molecule has 0 fully saturated rings. The van der Waals surface area contributed by atoms with Gasteiger partial charge in [0.05, 0.1) is 7.11 Å². The summed E-state index contributed by atoms with van der Waals surface area (Å²) in [7, 11) is 3.34. The highest BCUT2D eigenvalue weighted by atomic mass is 127. The Balaban J connectivity index is 0.00000392. The van der Waals surface area contributed by atoms with E-state index in [1.165, 1.54) is 5.56 Å². The highest BCUT2D eigenvalue weighted by Gasteiger charge is 2.05. The molecule has 0 spiro atoms. The van der Waals surface area contributed by atoms with Gasteiger partial charge in [-0.2, -0.15) is 0 Å². The van der Waals surface area contributed by atoms with Gasteiger partial charge in [0.2, 0.25) is 0 Å². The van der Waals surface area contributed by atoms with Crippen LogP contribution in [0.5, 0.6) is 11.5 Å². The first kappa shape index (κ1) is 23.9. The van der Waals surface area contributed by atoms with Gasteiger partial charge in [0.1, 0.15) is 18.1 Å². The van der Waals surface area contributed by atoms with Crippen molar-refractivity contribution in [2.75, 3.05) is 27.3 Å². The smallest absolute Gasteiger partial charge is 0.272 e. The number of nitrogens with zero attached hydrogens (tertiary/aromatic N) is 1.